The number of hydrogen-bond donors (Lipinski definition) is 3. The van der Waals surface area contributed by atoms with Crippen LogP contribution < -0.4 is 20.9 Å². The number of fused-ring (bicyclic) bond motifs is 2. The molecule has 0 saturated carbocycles. The summed E-state index contributed by atoms with van der Waals surface area (Å²) in [7, 11) is 0. The first-order chi connectivity index (χ1) is 20.2. The molecule has 0 spiro atoms. The molecular formula is C36H60N5+. The van der Waals surface area contributed by atoms with E-state index in [0.717, 1.165) is 47.6 Å². The van der Waals surface area contributed by atoms with Gasteiger partial charge in [0.2, 0.25) is 11.0 Å². The van der Waals surface area contributed by atoms with Gasteiger partial charge in [-0.15, -0.1) is 0 Å². The van der Waals surface area contributed by atoms with Gasteiger partial charge in [0, 0.05) is 37.3 Å². The molecule has 0 bridgehead atoms. The van der Waals surface area contributed by atoms with Crippen molar-refractivity contribution >= 4 is 39.1 Å². The zero-order valence-corrected chi connectivity index (χ0v) is 26.7. The van der Waals surface area contributed by atoms with Crippen molar-refractivity contribution in [1.29, 1.82) is 0 Å². The van der Waals surface area contributed by atoms with Gasteiger partial charge in [0.25, 0.3) is 0 Å². The molecule has 41 heavy (non-hydrogen) atoms. The SMILES string of the molecule is CCCCCCCCNc1ccc2nc3cc(NCCCCCCCC)c(N)cc3[n+](CCCCCCCC)c2c1. The fourth-order valence-corrected chi connectivity index (χ4v) is 5.81. The monoisotopic (exact) mass is 562 g/mol. The van der Waals surface area contributed by atoms with Crippen LogP contribution in [-0.2, 0) is 6.54 Å². The maximum absolute atomic E-state index is 6.63. The third kappa shape index (κ3) is 11.3. The molecule has 0 saturated heterocycles. The van der Waals surface area contributed by atoms with Crippen LogP contribution in [0.5, 0.6) is 0 Å². The van der Waals surface area contributed by atoms with Crippen molar-refractivity contribution in [2.75, 3.05) is 29.5 Å². The Bertz CT molecular complexity index is 1140. The number of nitrogens with zero attached hydrogens (tertiary/aromatic N) is 2. The number of aromatic nitrogens is 2. The van der Waals surface area contributed by atoms with Crippen molar-refractivity contribution in [1.82, 2.24) is 4.98 Å². The molecule has 1 heterocycles. The molecule has 0 unspecified atom stereocenters. The summed E-state index contributed by atoms with van der Waals surface area (Å²) >= 11 is 0. The normalized spacial score (nSPS) is 11.5. The van der Waals surface area contributed by atoms with Crippen molar-refractivity contribution in [3.05, 3.63) is 30.3 Å². The van der Waals surface area contributed by atoms with Crippen molar-refractivity contribution in [2.24, 2.45) is 0 Å². The minimum atomic E-state index is 0.818. The number of nitrogens with one attached hydrogen (secondary N) is 2. The molecule has 0 aliphatic rings. The summed E-state index contributed by atoms with van der Waals surface area (Å²) in [5.41, 5.74) is 14.1. The largest absolute Gasteiger partial charge is 0.397 e. The number of nitrogen functional groups attached to an aromatic ring is 1. The van der Waals surface area contributed by atoms with Crippen LogP contribution in [0.3, 0.4) is 0 Å². The number of hydrogen-bond acceptors (Lipinski definition) is 4. The van der Waals surface area contributed by atoms with Crippen molar-refractivity contribution in [2.45, 2.75) is 143 Å². The first-order valence-electron chi connectivity index (χ1n) is 17.2. The second-order valence-corrected chi connectivity index (χ2v) is 12.1. The molecule has 4 N–H and O–H groups in total. The Kier molecular flexibility index (Phi) is 15.7. The number of anilines is 3. The lowest BCUT2D eigenvalue weighted by molar-refractivity contribution is -0.646. The molecule has 5 nitrogen and oxygen atoms in total. The fourth-order valence-electron chi connectivity index (χ4n) is 5.81. The molecule has 228 valence electrons. The van der Waals surface area contributed by atoms with Crippen molar-refractivity contribution < 1.29 is 4.57 Å². The lowest BCUT2D eigenvalue weighted by atomic mass is 10.1. The standard InChI is InChI=1S/C36H59N5/c1-4-7-10-13-16-19-24-38-30-22-23-32-35(27-30)41(26-21-18-15-12-9-6-3)36-28-31(37)33(29-34(36)40-32)39-25-20-17-14-11-8-5-2/h22-23,27-29H,4-21,24-26H2,1-3H3,(H3,37,38,39,40)/p+1. The first kappa shape index (κ1) is 32.9. The molecule has 0 radical (unpaired) electrons. The Morgan fingerprint density at radius 1 is 0.585 bits per heavy atom. The maximum Gasteiger partial charge on any atom is 0.233 e. The quantitative estimate of drug-likeness (QED) is 0.0465. The Hall–Kier alpha value is -2.56. The van der Waals surface area contributed by atoms with Crippen LogP contribution in [0.1, 0.15) is 136 Å². The molecule has 3 rings (SSSR count). The molecule has 5 heteroatoms. The molecule has 0 aliphatic heterocycles. The van der Waals surface area contributed by atoms with E-state index >= 15 is 0 Å². The minimum Gasteiger partial charge on any atom is -0.397 e. The number of benzene rings is 2. The summed E-state index contributed by atoms with van der Waals surface area (Å²) in [6, 6.07) is 11.0. The van der Waals surface area contributed by atoms with Gasteiger partial charge in [-0.25, -0.2) is 4.98 Å². The lowest BCUT2D eigenvalue weighted by Gasteiger charge is -2.12. The summed E-state index contributed by atoms with van der Waals surface area (Å²) in [5.74, 6) is 0. The van der Waals surface area contributed by atoms with E-state index in [1.165, 1.54) is 127 Å². The smallest absolute Gasteiger partial charge is 0.233 e. The van der Waals surface area contributed by atoms with Crippen molar-refractivity contribution in [3.63, 3.8) is 0 Å². The van der Waals surface area contributed by atoms with Crippen molar-refractivity contribution in [3.8, 4) is 0 Å². The van der Waals surface area contributed by atoms with Gasteiger partial charge < -0.3 is 16.4 Å². The van der Waals surface area contributed by atoms with Gasteiger partial charge in [0.05, 0.1) is 11.4 Å². The zero-order chi connectivity index (χ0) is 29.1. The molecule has 0 atom stereocenters. The lowest BCUT2D eigenvalue weighted by Crippen LogP contribution is -2.36. The van der Waals surface area contributed by atoms with Gasteiger partial charge in [-0.3, -0.25) is 0 Å². The van der Waals surface area contributed by atoms with Crippen LogP contribution >= 0.6 is 0 Å². The average Bonchev–Trinajstić information content (AvgIpc) is 2.98. The number of nitrogens with two attached hydrogens (primary N) is 1. The topological polar surface area (TPSA) is 66.8 Å². The molecule has 0 amide bonds. The van der Waals surface area contributed by atoms with E-state index in [9.17, 15) is 0 Å². The van der Waals surface area contributed by atoms with Gasteiger partial charge >= 0.3 is 0 Å². The Morgan fingerprint density at radius 3 is 1.76 bits per heavy atom. The summed E-state index contributed by atoms with van der Waals surface area (Å²) in [5, 5.41) is 7.29. The second-order valence-electron chi connectivity index (χ2n) is 12.1. The fraction of sp³-hybridized carbons (Fsp3) is 0.667. The van der Waals surface area contributed by atoms with E-state index < -0.39 is 0 Å². The number of aryl methyl sites for hydroxylation is 1. The summed E-state index contributed by atoms with van der Waals surface area (Å²) in [6.45, 7) is 9.81. The van der Waals surface area contributed by atoms with Gasteiger partial charge in [0.1, 0.15) is 17.6 Å². The number of rotatable bonds is 23. The predicted octanol–water partition coefficient (Wildman–Crippen LogP) is 10.2. The third-order valence-corrected chi connectivity index (χ3v) is 8.39. The van der Waals surface area contributed by atoms with Gasteiger partial charge in [-0.1, -0.05) is 111 Å². The van der Waals surface area contributed by atoms with E-state index in [0.29, 0.717) is 0 Å². The van der Waals surface area contributed by atoms with Gasteiger partial charge in [-0.05, 0) is 37.5 Å². The Labute approximate surface area is 251 Å². The number of unbranched alkanes of at least 4 members (excludes halogenated alkanes) is 15. The molecule has 0 aliphatic carbocycles. The van der Waals surface area contributed by atoms with Crippen LogP contribution in [0.25, 0.3) is 22.1 Å². The van der Waals surface area contributed by atoms with E-state index in [4.69, 9.17) is 10.7 Å². The van der Waals surface area contributed by atoms with E-state index in [-0.39, 0.29) is 0 Å². The third-order valence-electron chi connectivity index (χ3n) is 8.39. The van der Waals surface area contributed by atoms with Crippen LogP contribution in [0.15, 0.2) is 30.3 Å². The van der Waals surface area contributed by atoms with Gasteiger partial charge in [-0.2, -0.15) is 4.57 Å². The highest BCUT2D eigenvalue weighted by Crippen LogP contribution is 2.26. The van der Waals surface area contributed by atoms with Crippen LogP contribution in [-0.4, -0.2) is 18.1 Å². The zero-order valence-electron chi connectivity index (χ0n) is 26.7. The van der Waals surface area contributed by atoms with Crippen LogP contribution in [0.4, 0.5) is 17.1 Å². The van der Waals surface area contributed by atoms with Gasteiger partial charge in [0.15, 0.2) is 0 Å². The highest BCUT2D eigenvalue weighted by molar-refractivity contribution is 5.89. The summed E-state index contributed by atoms with van der Waals surface area (Å²) in [4.78, 5) is 5.12. The van der Waals surface area contributed by atoms with Crippen LogP contribution in [0, 0.1) is 0 Å². The van der Waals surface area contributed by atoms with Crippen LogP contribution in [0.2, 0.25) is 0 Å². The maximum atomic E-state index is 6.63. The van der Waals surface area contributed by atoms with E-state index in [2.05, 4.69) is 66.3 Å². The second kappa shape index (κ2) is 19.5. The average molecular weight is 563 g/mol. The Balaban J connectivity index is 1.75. The first-order valence-corrected chi connectivity index (χ1v) is 17.2. The molecule has 1 aromatic heterocycles. The molecule has 3 aromatic rings. The molecular weight excluding hydrogens is 502 g/mol. The van der Waals surface area contributed by atoms with E-state index in [1.807, 2.05) is 0 Å². The van der Waals surface area contributed by atoms with E-state index in [1.54, 1.807) is 0 Å². The Morgan fingerprint density at radius 2 is 1.12 bits per heavy atom. The summed E-state index contributed by atoms with van der Waals surface area (Å²) in [6.07, 6.45) is 23.4. The molecule has 2 aromatic carbocycles. The highest BCUT2D eigenvalue weighted by atomic mass is 15.0. The predicted molar refractivity (Wildman–Crippen MR) is 181 cm³/mol. The highest BCUT2D eigenvalue weighted by Gasteiger charge is 2.19. The minimum absolute atomic E-state index is 0.818. The summed E-state index contributed by atoms with van der Waals surface area (Å²) < 4.78 is 2.47. The molecule has 0 fully saturated rings.